The first-order chi connectivity index (χ1) is 18.3. The number of aromatic hydroxyl groups is 1. The Morgan fingerprint density at radius 3 is 2.46 bits per heavy atom. The van der Waals surface area contributed by atoms with Crippen LogP contribution < -0.4 is 4.74 Å². The number of allylic oxidation sites excluding steroid dienone is 2. The van der Waals surface area contributed by atoms with Crippen molar-refractivity contribution in [3.63, 3.8) is 0 Å². The minimum absolute atomic E-state index is 0.0283. The fraction of sp³-hybridized carbons (Fsp3) is 0.419. The molecule has 5 unspecified atom stereocenters. The highest BCUT2D eigenvalue weighted by Gasteiger charge is 2.47. The van der Waals surface area contributed by atoms with Crippen molar-refractivity contribution in [2.45, 2.75) is 71.0 Å². The molecule has 1 aliphatic carbocycles. The Hall–Kier alpha value is -3.30. The summed E-state index contributed by atoms with van der Waals surface area (Å²) < 4.78 is 12.3. The van der Waals surface area contributed by atoms with Crippen molar-refractivity contribution in [3.8, 4) is 11.5 Å². The lowest BCUT2D eigenvalue weighted by molar-refractivity contribution is -0.176. The summed E-state index contributed by atoms with van der Waals surface area (Å²) >= 11 is 0. The fourth-order valence-corrected chi connectivity index (χ4v) is 5.98. The van der Waals surface area contributed by atoms with Crippen LogP contribution in [-0.4, -0.2) is 63.6 Å². The van der Waals surface area contributed by atoms with Crippen molar-refractivity contribution in [3.05, 3.63) is 80.6 Å². The van der Waals surface area contributed by atoms with Crippen LogP contribution in [-0.2, 0) is 4.74 Å². The molecule has 206 valence electrons. The van der Waals surface area contributed by atoms with Crippen LogP contribution in [0, 0.1) is 6.92 Å². The molecule has 0 spiro atoms. The van der Waals surface area contributed by atoms with E-state index in [1.807, 2.05) is 45.8 Å². The van der Waals surface area contributed by atoms with Gasteiger partial charge in [0.15, 0.2) is 5.78 Å². The average molecular weight is 534 g/mol. The van der Waals surface area contributed by atoms with Crippen molar-refractivity contribution in [2.75, 3.05) is 14.1 Å². The predicted molar refractivity (Wildman–Crippen MR) is 145 cm³/mol. The molecule has 8 heteroatoms. The third kappa shape index (κ3) is 3.97. The molecular weight excluding hydrogens is 498 g/mol. The highest BCUT2D eigenvalue weighted by atomic mass is 16.5. The summed E-state index contributed by atoms with van der Waals surface area (Å²) in [4.78, 5) is 29.7. The zero-order valence-electron chi connectivity index (χ0n) is 23.3. The number of carbonyl (C=O) groups is 2. The summed E-state index contributed by atoms with van der Waals surface area (Å²) in [6.07, 6.45) is 0.817. The first-order valence-electron chi connectivity index (χ1n) is 13.2. The molecule has 1 saturated heterocycles. The van der Waals surface area contributed by atoms with Crippen LogP contribution in [0.25, 0.3) is 0 Å². The smallest absolute Gasteiger partial charge is 0.202 e. The van der Waals surface area contributed by atoms with Gasteiger partial charge in [-0.1, -0.05) is 12.1 Å². The number of benzene rings is 2. The summed E-state index contributed by atoms with van der Waals surface area (Å²) in [5.74, 6) is -0.745. The maximum atomic E-state index is 14.1. The second-order valence-electron chi connectivity index (χ2n) is 11.2. The number of ketones is 2. The van der Waals surface area contributed by atoms with Crippen LogP contribution in [0.15, 0.2) is 41.7 Å². The van der Waals surface area contributed by atoms with E-state index >= 15 is 0 Å². The van der Waals surface area contributed by atoms with Crippen LogP contribution >= 0.6 is 0 Å². The lowest BCUT2D eigenvalue weighted by Crippen LogP contribution is -2.59. The molecule has 2 aliphatic heterocycles. The minimum atomic E-state index is -1.03. The van der Waals surface area contributed by atoms with Gasteiger partial charge in [0.25, 0.3) is 0 Å². The van der Waals surface area contributed by atoms with Crippen LogP contribution in [0.2, 0.25) is 0 Å². The van der Waals surface area contributed by atoms with Crippen molar-refractivity contribution in [1.29, 1.82) is 0 Å². The summed E-state index contributed by atoms with van der Waals surface area (Å²) in [6.45, 7) is 9.13. The molecule has 2 aromatic carbocycles. The van der Waals surface area contributed by atoms with E-state index in [1.54, 1.807) is 38.1 Å². The molecule has 0 saturated carbocycles. The number of rotatable bonds is 3. The normalized spacial score (nSPS) is 28.5. The lowest BCUT2D eigenvalue weighted by Gasteiger charge is -2.49. The Morgan fingerprint density at radius 1 is 1.13 bits per heavy atom. The van der Waals surface area contributed by atoms with Gasteiger partial charge in [-0.05, 0) is 84.5 Å². The molecule has 0 amide bonds. The Morgan fingerprint density at radius 2 is 1.82 bits per heavy atom. The number of aryl methyl sites for hydroxylation is 1. The molecule has 2 heterocycles. The second kappa shape index (κ2) is 9.41. The van der Waals surface area contributed by atoms with E-state index in [9.17, 15) is 24.9 Å². The number of hydrogen-bond acceptors (Lipinski definition) is 8. The minimum Gasteiger partial charge on any atom is -0.507 e. The highest BCUT2D eigenvalue weighted by molar-refractivity contribution is 6.30. The third-order valence-corrected chi connectivity index (χ3v) is 8.75. The third-order valence-electron chi connectivity index (χ3n) is 8.75. The van der Waals surface area contributed by atoms with E-state index in [2.05, 4.69) is 0 Å². The standard InChI is InChI=1S/C31H35NO7/c1-8-14(2)21-12-20(33)23-15(3)11-19-25(29(23)39-21)28(36)24-18(26(19)34)10-9-17(27(24)35)22-13-31(5,32(6)7)30(37)16(4)38-22/h8-12,16,20,22,30,33,35,37H,13H2,1-7H3. The maximum absolute atomic E-state index is 14.1. The summed E-state index contributed by atoms with van der Waals surface area (Å²) in [6, 6.07) is 4.78. The zero-order chi connectivity index (χ0) is 28.5. The Bertz CT molecular complexity index is 1470. The molecule has 0 aromatic heterocycles. The number of aliphatic hydroxyl groups is 2. The highest BCUT2D eigenvalue weighted by Crippen LogP contribution is 2.48. The number of nitrogens with zero attached hydrogens (tertiary/aromatic N) is 1. The quantitative estimate of drug-likeness (QED) is 0.457. The number of aliphatic hydroxyl groups excluding tert-OH is 2. The van der Waals surface area contributed by atoms with Gasteiger partial charge in [0.1, 0.15) is 23.4 Å². The first kappa shape index (κ1) is 27.3. The van der Waals surface area contributed by atoms with Crippen molar-refractivity contribution in [1.82, 2.24) is 4.90 Å². The van der Waals surface area contributed by atoms with Crippen LogP contribution in [0.5, 0.6) is 11.5 Å². The van der Waals surface area contributed by atoms with Gasteiger partial charge >= 0.3 is 0 Å². The topological polar surface area (TPSA) is 117 Å². The molecule has 3 aliphatic rings. The number of phenols is 1. The first-order valence-corrected chi connectivity index (χ1v) is 13.2. The molecular formula is C31H35NO7. The molecule has 0 bridgehead atoms. The molecule has 3 N–H and O–H groups in total. The van der Waals surface area contributed by atoms with Gasteiger partial charge in [0, 0.05) is 27.8 Å². The van der Waals surface area contributed by atoms with Crippen molar-refractivity contribution < 1.29 is 34.4 Å². The molecule has 1 fully saturated rings. The lowest BCUT2D eigenvalue weighted by atomic mass is 9.77. The van der Waals surface area contributed by atoms with Gasteiger partial charge < -0.3 is 29.7 Å². The number of fused-ring (bicyclic) bond motifs is 4. The molecule has 2 aromatic rings. The molecule has 8 nitrogen and oxygen atoms in total. The predicted octanol–water partition coefficient (Wildman–Crippen LogP) is 4.28. The molecule has 5 rings (SSSR count). The Kier molecular flexibility index (Phi) is 6.58. The van der Waals surface area contributed by atoms with Gasteiger partial charge in [0.05, 0.1) is 29.4 Å². The molecule has 5 atom stereocenters. The SMILES string of the molecule is CC=C(C)C1=CC(O)c2c(C)cc3c(c2O1)C(=O)c1c(ccc(C2CC(C)(N(C)C)C(O)C(C)O2)c1O)C3=O. The average Bonchev–Trinajstić information content (AvgIpc) is 2.88. The van der Waals surface area contributed by atoms with Gasteiger partial charge in [-0.2, -0.15) is 0 Å². The summed E-state index contributed by atoms with van der Waals surface area (Å²) in [7, 11) is 3.75. The van der Waals surface area contributed by atoms with Gasteiger partial charge in [0.2, 0.25) is 5.78 Å². The van der Waals surface area contributed by atoms with Crippen molar-refractivity contribution >= 4 is 11.6 Å². The second-order valence-corrected chi connectivity index (χ2v) is 11.2. The van der Waals surface area contributed by atoms with Crippen LogP contribution in [0.1, 0.15) is 94.9 Å². The van der Waals surface area contributed by atoms with Crippen LogP contribution in [0.3, 0.4) is 0 Å². The van der Waals surface area contributed by atoms with E-state index in [1.165, 1.54) is 0 Å². The fourth-order valence-electron chi connectivity index (χ4n) is 5.98. The van der Waals surface area contributed by atoms with Gasteiger partial charge in [-0.15, -0.1) is 0 Å². The summed E-state index contributed by atoms with van der Waals surface area (Å²) in [5, 5.41) is 33.3. The Balaban J connectivity index is 1.65. The number of carbonyl (C=O) groups excluding carboxylic acids is 2. The van der Waals surface area contributed by atoms with Crippen LogP contribution in [0.4, 0.5) is 0 Å². The maximum Gasteiger partial charge on any atom is 0.202 e. The number of likely N-dealkylation sites (N-methyl/N-ethyl adjacent to an activating group) is 1. The van der Waals surface area contributed by atoms with E-state index < -0.39 is 41.5 Å². The largest absolute Gasteiger partial charge is 0.507 e. The number of ether oxygens (including phenoxy) is 2. The molecule has 39 heavy (non-hydrogen) atoms. The van der Waals surface area contributed by atoms with E-state index in [-0.39, 0.29) is 33.8 Å². The number of phenolic OH excluding ortho intramolecular Hbond substituents is 1. The monoisotopic (exact) mass is 533 g/mol. The van der Waals surface area contributed by atoms with E-state index in [0.717, 1.165) is 5.57 Å². The van der Waals surface area contributed by atoms with Gasteiger partial charge in [-0.3, -0.25) is 9.59 Å². The summed E-state index contributed by atoms with van der Waals surface area (Å²) in [5.41, 5.74) is 1.73. The zero-order valence-corrected chi connectivity index (χ0v) is 23.3. The van der Waals surface area contributed by atoms with E-state index in [4.69, 9.17) is 9.47 Å². The van der Waals surface area contributed by atoms with E-state index in [0.29, 0.717) is 28.9 Å². The Labute approximate surface area is 228 Å². The van der Waals surface area contributed by atoms with Gasteiger partial charge in [-0.25, -0.2) is 0 Å². The molecule has 0 radical (unpaired) electrons. The van der Waals surface area contributed by atoms with Crippen molar-refractivity contribution in [2.24, 2.45) is 0 Å². The number of hydrogen-bond donors (Lipinski definition) is 3.